The summed E-state index contributed by atoms with van der Waals surface area (Å²) in [5, 5.41) is 3.01. The first-order valence-electron chi connectivity index (χ1n) is 8.59. The van der Waals surface area contributed by atoms with E-state index in [1.807, 2.05) is 40.1 Å². The maximum absolute atomic E-state index is 12.5. The van der Waals surface area contributed by atoms with Gasteiger partial charge in [0.15, 0.2) is 0 Å². The number of rotatable bonds is 3. The molecular weight excluding hydrogens is 290 g/mol. The molecule has 1 N–H and O–H groups in total. The summed E-state index contributed by atoms with van der Waals surface area (Å²) in [6.07, 6.45) is 3.97. The molecule has 0 radical (unpaired) electrons. The fourth-order valence-electron chi connectivity index (χ4n) is 3.40. The van der Waals surface area contributed by atoms with Crippen molar-refractivity contribution in [2.24, 2.45) is 5.92 Å². The molecule has 23 heavy (non-hydrogen) atoms. The van der Waals surface area contributed by atoms with Gasteiger partial charge in [0.25, 0.3) is 0 Å². The van der Waals surface area contributed by atoms with Gasteiger partial charge in [0.1, 0.15) is 0 Å². The Kier molecular flexibility index (Phi) is 5.16. The third-order valence-corrected chi connectivity index (χ3v) is 4.75. The van der Waals surface area contributed by atoms with Crippen molar-refractivity contribution in [3.63, 3.8) is 0 Å². The highest BCUT2D eigenvalue weighted by molar-refractivity contribution is 5.81. The third-order valence-electron chi connectivity index (χ3n) is 4.75. The Hall–Kier alpha value is -2.04. The molecule has 5 nitrogen and oxygen atoms in total. The average Bonchev–Trinajstić information content (AvgIpc) is 3.14. The Bertz CT molecular complexity index is 540. The van der Waals surface area contributed by atoms with E-state index in [-0.39, 0.29) is 17.9 Å². The van der Waals surface area contributed by atoms with Crippen LogP contribution in [0.25, 0.3) is 0 Å². The Balaban J connectivity index is 1.51. The number of nitrogens with one attached hydrogen (secondary N) is 1. The quantitative estimate of drug-likeness (QED) is 0.930. The smallest absolute Gasteiger partial charge is 0.320 e. The highest BCUT2D eigenvalue weighted by atomic mass is 16.2. The minimum Gasteiger partial charge on any atom is -0.352 e. The van der Waals surface area contributed by atoms with E-state index in [2.05, 4.69) is 5.32 Å². The molecule has 0 bridgehead atoms. The highest BCUT2D eigenvalue weighted by Crippen LogP contribution is 2.20. The maximum atomic E-state index is 12.5. The Labute approximate surface area is 137 Å². The molecule has 2 fully saturated rings. The lowest BCUT2D eigenvalue weighted by Crippen LogP contribution is -2.49. The van der Waals surface area contributed by atoms with Crippen molar-refractivity contribution >= 4 is 11.9 Å². The van der Waals surface area contributed by atoms with Crippen LogP contribution in [0.2, 0.25) is 0 Å². The van der Waals surface area contributed by atoms with E-state index in [0.29, 0.717) is 13.1 Å². The molecule has 124 valence electrons. The zero-order chi connectivity index (χ0) is 16.1. The molecule has 2 aliphatic rings. The molecule has 3 rings (SSSR count). The summed E-state index contributed by atoms with van der Waals surface area (Å²) in [7, 11) is 0. The summed E-state index contributed by atoms with van der Waals surface area (Å²) >= 11 is 0. The van der Waals surface area contributed by atoms with E-state index >= 15 is 0 Å². The minimum absolute atomic E-state index is 0.0628. The second-order valence-electron chi connectivity index (χ2n) is 6.47. The second kappa shape index (κ2) is 7.49. The standard InChI is InChI=1S/C18H25N3O2/c22-17(19-13-15-7-2-1-3-8-15)16-9-6-12-21(14-16)18(23)20-10-4-5-11-20/h1-3,7-8,16H,4-6,9-14H2,(H,19,22)/t16-/m1/s1. The lowest BCUT2D eigenvalue weighted by Gasteiger charge is -2.34. The molecule has 0 aromatic heterocycles. The zero-order valence-corrected chi connectivity index (χ0v) is 13.5. The molecular formula is C18H25N3O2. The minimum atomic E-state index is -0.0842. The fraction of sp³-hybridized carbons (Fsp3) is 0.556. The number of likely N-dealkylation sites (tertiary alicyclic amines) is 2. The number of nitrogens with zero attached hydrogens (tertiary/aromatic N) is 2. The van der Waals surface area contributed by atoms with Crippen LogP contribution < -0.4 is 5.32 Å². The third kappa shape index (κ3) is 4.03. The van der Waals surface area contributed by atoms with Gasteiger partial charge in [-0.05, 0) is 31.2 Å². The number of piperidine rings is 1. The first-order chi connectivity index (χ1) is 11.2. The zero-order valence-electron chi connectivity index (χ0n) is 13.5. The molecule has 0 aliphatic carbocycles. The summed E-state index contributed by atoms with van der Waals surface area (Å²) < 4.78 is 0. The van der Waals surface area contributed by atoms with Crippen LogP contribution in [0.15, 0.2) is 30.3 Å². The highest BCUT2D eigenvalue weighted by Gasteiger charge is 2.31. The van der Waals surface area contributed by atoms with Crippen LogP contribution >= 0.6 is 0 Å². The summed E-state index contributed by atoms with van der Waals surface area (Å²) in [6.45, 7) is 3.60. The van der Waals surface area contributed by atoms with Crippen molar-refractivity contribution in [3.8, 4) is 0 Å². The van der Waals surface area contributed by atoms with Gasteiger partial charge in [0, 0.05) is 32.7 Å². The number of carbonyl (C=O) groups is 2. The number of benzene rings is 1. The van der Waals surface area contributed by atoms with Gasteiger partial charge in [-0.15, -0.1) is 0 Å². The molecule has 5 heteroatoms. The van der Waals surface area contributed by atoms with Crippen LogP contribution in [0.5, 0.6) is 0 Å². The molecule has 1 aromatic carbocycles. The fourth-order valence-corrected chi connectivity index (χ4v) is 3.40. The first-order valence-corrected chi connectivity index (χ1v) is 8.59. The van der Waals surface area contributed by atoms with Crippen molar-refractivity contribution in [1.82, 2.24) is 15.1 Å². The van der Waals surface area contributed by atoms with Crippen LogP contribution in [-0.2, 0) is 11.3 Å². The van der Waals surface area contributed by atoms with Gasteiger partial charge >= 0.3 is 6.03 Å². The number of urea groups is 1. The van der Waals surface area contributed by atoms with Gasteiger partial charge in [-0.25, -0.2) is 4.79 Å². The van der Waals surface area contributed by atoms with E-state index in [0.717, 1.165) is 50.9 Å². The largest absolute Gasteiger partial charge is 0.352 e. The Morgan fingerprint density at radius 1 is 1.00 bits per heavy atom. The van der Waals surface area contributed by atoms with E-state index in [9.17, 15) is 9.59 Å². The lowest BCUT2D eigenvalue weighted by molar-refractivity contribution is -0.126. The molecule has 1 aromatic rings. The summed E-state index contributed by atoms with van der Waals surface area (Å²) in [4.78, 5) is 28.6. The lowest BCUT2D eigenvalue weighted by atomic mass is 9.97. The molecule has 3 amide bonds. The molecule has 1 atom stereocenters. The molecule has 2 saturated heterocycles. The molecule has 0 spiro atoms. The second-order valence-corrected chi connectivity index (χ2v) is 6.47. The normalized spacial score (nSPS) is 21.3. The topological polar surface area (TPSA) is 52.7 Å². The van der Waals surface area contributed by atoms with Crippen molar-refractivity contribution < 1.29 is 9.59 Å². The molecule has 2 aliphatic heterocycles. The van der Waals surface area contributed by atoms with Crippen molar-refractivity contribution in [2.45, 2.75) is 32.2 Å². The predicted molar refractivity (Wildman–Crippen MR) is 88.8 cm³/mol. The van der Waals surface area contributed by atoms with Gasteiger partial charge < -0.3 is 15.1 Å². The van der Waals surface area contributed by atoms with Gasteiger partial charge in [0.2, 0.25) is 5.91 Å². The predicted octanol–water partition coefficient (Wildman–Crippen LogP) is 2.23. The van der Waals surface area contributed by atoms with Crippen LogP contribution in [0.4, 0.5) is 4.79 Å². The van der Waals surface area contributed by atoms with Crippen molar-refractivity contribution in [3.05, 3.63) is 35.9 Å². The van der Waals surface area contributed by atoms with Crippen LogP contribution in [0.3, 0.4) is 0 Å². The summed E-state index contributed by atoms with van der Waals surface area (Å²) in [5.74, 6) is -0.0215. The molecule has 0 saturated carbocycles. The molecule has 2 heterocycles. The van der Waals surface area contributed by atoms with Crippen LogP contribution in [-0.4, -0.2) is 47.9 Å². The Morgan fingerprint density at radius 2 is 1.70 bits per heavy atom. The summed E-state index contributed by atoms with van der Waals surface area (Å²) in [6, 6.07) is 10.0. The van der Waals surface area contributed by atoms with Gasteiger partial charge in [-0.2, -0.15) is 0 Å². The van der Waals surface area contributed by atoms with Crippen molar-refractivity contribution in [1.29, 1.82) is 0 Å². The van der Waals surface area contributed by atoms with Gasteiger partial charge in [-0.1, -0.05) is 30.3 Å². The van der Waals surface area contributed by atoms with E-state index in [1.54, 1.807) is 0 Å². The van der Waals surface area contributed by atoms with Gasteiger partial charge in [-0.3, -0.25) is 4.79 Å². The number of hydrogen-bond acceptors (Lipinski definition) is 2. The van der Waals surface area contributed by atoms with E-state index in [4.69, 9.17) is 0 Å². The monoisotopic (exact) mass is 315 g/mol. The Morgan fingerprint density at radius 3 is 2.43 bits per heavy atom. The maximum Gasteiger partial charge on any atom is 0.320 e. The number of carbonyl (C=O) groups excluding carboxylic acids is 2. The molecule has 0 unspecified atom stereocenters. The van der Waals surface area contributed by atoms with Crippen LogP contribution in [0, 0.1) is 5.92 Å². The first kappa shape index (κ1) is 15.8. The van der Waals surface area contributed by atoms with Crippen molar-refractivity contribution in [2.75, 3.05) is 26.2 Å². The average molecular weight is 315 g/mol. The SMILES string of the molecule is O=C(NCc1ccccc1)[C@@H]1CCCN(C(=O)N2CCCC2)C1. The van der Waals surface area contributed by atoms with Gasteiger partial charge in [0.05, 0.1) is 5.92 Å². The van der Waals surface area contributed by atoms with E-state index < -0.39 is 0 Å². The summed E-state index contributed by atoms with van der Waals surface area (Å²) in [5.41, 5.74) is 1.10. The van der Waals surface area contributed by atoms with E-state index in [1.165, 1.54) is 0 Å². The number of hydrogen-bond donors (Lipinski definition) is 1. The van der Waals surface area contributed by atoms with Crippen LogP contribution in [0.1, 0.15) is 31.2 Å². The number of amides is 3.